The van der Waals surface area contributed by atoms with Gasteiger partial charge in [-0.15, -0.1) is 0 Å². The molecule has 0 saturated carbocycles. The van der Waals surface area contributed by atoms with Crippen LogP contribution in [0.5, 0.6) is 0 Å². The number of hydrogen-bond donors (Lipinski definition) is 0. The first kappa shape index (κ1) is 9.68. The van der Waals surface area contributed by atoms with Gasteiger partial charge in [0, 0.05) is 25.1 Å². The summed E-state index contributed by atoms with van der Waals surface area (Å²) in [5.41, 5.74) is 0.533. The third-order valence-corrected chi connectivity index (χ3v) is 1.22. The molecule has 0 aromatic carbocycles. The lowest BCUT2D eigenvalue weighted by molar-refractivity contribution is 0.375. The fourth-order valence-electron chi connectivity index (χ4n) is 0.681. The zero-order valence-electron chi connectivity index (χ0n) is 6.67. The molecule has 0 aliphatic heterocycles. The van der Waals surface area contributed by atoms with Gasteiger partial charge in [-0.3, -0.25) is 0 Å². The lowest BCUT2D eigenvalue weighted by Gasteiger charge is -2.12. The third kappa shape index (κ3) is 5.14. The smallest absolute Gasteiger partial charge is 0.0954 e. The number of hydrogen-bond acceptors (Lipinski definition) is 3. The van der Waals surface area contributed by atoms with Crippen LogP contribution in [-0.2, 0) is 0 Å². The van der Waals surface area contributed by atoms with Gasteiger partial charge < -0.3 is 4.90 Å². The second kappa shape index (κ2) is 5.46. The Balaban J connectivity index is 3.55. The molecule has 0 N–H and O–H groups in total. The van der Waals surface area contributed by atoms with E-state index in [-0.39, 0.29) is 0 Å². The van der Waals surface area contributed by atoms with Gasteiger partial charge in [-0.05, 0) is 7.05 Å². The van der Waals surface area contributed by atoms with E-state index in [1.807, 2.05) is 24.1 Å². The monoisotopic (exact) mass is 149 g/mol. The van der Waals surface area contributed by atoms with E-state index >= 15 is 0 Å². The van der Waals surface area contributed by atoms with Crippen molar-refractivity contribution in [2.24, 2.45) is 0 Å². The van der Waals surface area contributed by atoms with Crippen molar-refractivity contribution in [1.82, 2.24) is 4.90 Å². The molecule has 0 atom stereocenters. The van der Waals surface area contributed by atoms with Gasteiger partial charge in [0.2, 0.25) is 0 Å². The predicted molar refractivity (Wildman–Crippen MR) is 42.5 cm³/mol. The average molecular weight is 149 g/mol. The third-order valence-electron chi connectivity index (χ3n) is 1.22. The van der Waals surface area contributed by atoms with Crippen LogP contribution in [0.1, 0.15) is 6.42 Å². The highest BCUT2D eigenvalue weighted by Crippen LogP contribution is 1.92. The highest BCUT2D eigenvalue weighted by molar-refractivity contribution is 5.17. The number of rotatable bonds is 4. The molecule has 0 rings (SSSR count). The van der Waals surface area contributed by atoms with Crippen molar-refractivity contribution in [2.45, 2.75) is 6.42 Å². The summed E-state index contributed by atoms with van der Waals surface area (Å²) in [7, 11) is 1.86. The summed E-state index contributed by atoms with van der Waals surface area (Å²) in [6, 6.07) is 3.99. The van der Waals surface area contributed by atoms with E-state index < -0.39 is 0 Å². The molecule has 0 fully saturated rings. The molecule has 0 saturated heterocycles. The first-order chi connectivity index (χ1) is 5.20. The highest BCUT2D eigenvalue weighted by atomic mass is 15.1. The van der Waals surface area contributed by atoms with Gasteiger partial charge >= 0.3 is 0 Å². The van der Waals surface area contributed by atoms with Crippen LogP contribution in [0.2, 0.25) is 0 Å². The van der Waals surface area contributed by atoms with Gasteiger partial charge in [0.25, 0.3) is 0 Å². The second-order valence-corrected chi connectivity index (χ2v) is 2.36. The number of nitrogens with zero attached hydrogens (tertiary/aromatic N) is 3. The average Bonchev–Trinajstić information content (AvgIpc) is 2.00. The quantitative estimate of drug-likeness (QED) is 0.558. The normalized spacial score (nSPS) is 8.73. The second-order valence-electron chi connectivity index (χ2n) is 2.36. The fraction of sp³-hybridized carbons (Fsp3) is 0.500. The van der Waals surface area contributed by atoms with Crippen molar-refractivity contribution in [3.05, 3.63) is 12.2 Å². The van der Waals surface area contributed by atoms with E-state index in [2.05, 4.69) is 6.58 Å². The van der Waals surface area contributed by atoms with Crippen LogP contribution >= 0.6 is 0 Å². The van der Waals surface area contributed by atoms with E-state index in [0.717, 1.165) is 0 Å². The summed E-state index contributed by atoms with van der Waals surface area (Å²) in [4.78, 5) is 1.90. The highest BCUT2D eigenvalue weighted by Gasteiger charge is 1.98. The summed E-state index contributed by atoms with van der Waals surface area (Å²) in [5, 5.41) is 16.6. The molecule has 0 spiro atoms. The van der Waals surface area contributed by atoms with Gasteiger partial charge in [-0.25, -0.2) is 0 Å². The van der Waals surface area contributed by atoms with E-state index in [1.165, 1.54) is 0 Å². The number of likely N-dealkylation sites (N-methyl/N-ethyl adjacent to an activating group) is 1. The zero-order chi connectivity index (χ0) is 8.69. The SMILES string of the molecule is C=C(C#N)CN(C)CCC#N. The van der Waals surface area contributed by atoms with Gasteiger partial charge in [0.15, 0.2) is 0 Å². The van der Waals surface area contributed by atoms with Crippen molar-refractivity contribution in [3.63, 3.8) is 0 Å². The predicted octanol–water partition coefficient (Wildman–Crippen LogP) is 0.912. The Hall–Kier alpha value is -1.32. The molecule has 0 aliphatic rings. The summed E-state index contributed by atoms with van der Waals surface area (Å²) in [6.45, 7) is 4.78. The van der Waals surface area contributed by atoms with Gasteiger partial charge in [0.1, 0.15) is 0 Å². The Bertz CT molecular complexity index is 206. The Labute approximate surface area is 67.1 Å². The molecule has 3 heteroatoms. The lowest BCUT2D eigenvalue weighted by atomic mass is 10.3. The minimum Gasteiger partial charge on any atom is -0.300 e. The molecule has 58 valence electrons. The van der Waals surface area contributed by atoms with Crippen LogP contribution in [0, 0.1) is 22.7 Å². The fourth-order valence-corrected chi connectivity index (χ4v) is 0.681. The molecule has 11 heavy (non-hydrogen) atoms. The summed E-state index contributed by atoms with van der Waals surface area (Å²) in [6.07, 6.45) is 0.495. The van der Waals surface area contributed by atoms with Crippen LogP contribution < -0.4 is 0 Å². The van der Waals surface area contributed by atoms with Crippen LogP contribution in [0.4, 0.5) is 0 Å². The van der Waals surface area contributed by atoms with Crippen LogP contribution in [0.3, 0.4) is 0 Å². The summed E-state index contributed by atoms with van der Waals surface area (Å²) in [5.74, 6) is 0. The molecule has 0 aliphatic carbocycles. The Morgan fingerprint density at radius 3 is 2.64 bits per heavy atom. The van der Waals surface area contributed by atoms with Crippen molar-refractivity contribution in [3.8, 4) is 12.1 Å². The van der Waals surface area contributed by atoms with Crippen molar-refractivity contribution >= 4 is 0 Å². The number of nitriles is 2. The first-order valence-corrected chi connectivity index (χ1v) is 3.34. The minimum atomic E-state index is 0.495. The van der Waals surface area contributed by atoms with Gasteiger partial charge in [-0.1, -0.05) is 6.58 Å². The lowest BCUT2D eigenvalue weighted by Crippen LogP contribution is -2.21. The molecule has 0 radical (unpaired) electrons. The molecule has 0 aromatic heterocycles. The Morgan fingerprint density at radius 2 is 2.18 bits per heavy atom. The molecule has 0 amide bonds. The first-order valence-electron chi connectivity index (χ1n) is 3.34. The zero-order valence-corrected chi connectivity index (χ0v) is 6.67. The molecule has 3 nitrogen and oxygen atoms in total. The molecular weight excluding hydrogens is 138 g/mol. The van der Waals surface area contributed by atoms with E-state index in [9.17, 15) is 0 Å². The van der Waals surface area contributed by atoms with Crippen molar-refractivity contribution in [1.29, 1.82) is 10.5 Å². The molecular formula is C8H11N3. The summed E-state index contributed by atoms with van der Waals surface area (Å²) >= 11 is 0. The maximum atomic E-state index is 8.37. The van der Waals surface area contributed by atoms with E-state index in [1.54, 1.807) is 0 Å². The van der Waals surface area contributed by atoms with Gasteiger partial charge in [-0.2, -0.15) is 10.5 Å². The van der Waals surface area contributed by atoms with E-state index in [0.29, 0.717) is 25.1 Å². The van der Waals surface area contributed by atoms with E-state index in [4.69, 9.17) is 10.5 Å². The van der Waals surface area contributed by atoms with Crippen molar-refractivity contribution < 1.29 is 0 Å². The molecule has 0 heterocycles. The maximum absolute atomic E-state index is 8.37. The van der Waals surface area contributed by atoms with Crippen LogP contribution in [0.15, 0.2) is 12.2 Å². The maximum Gasteiger partial charge on any atom is 0.0954 e. The standard InChI is InChI=1S/C8H11N3/c1-8(6-10)7-11(2)5-3-4-9/h1,3,5,7H2,2H3. The minimum absolute atomic E-state index is 0.495. The topological polar surface area (TPSA) is 50.8 Å². The molecule has 0 unspecified atom stereocenters. The van der Waals surface area contributed by atoms with Crippen LogP contribution in [0.25, 0.3) is 0 Å². The molecule has 0 bridgehead atoms. The Kier molecular flexibility index (Phi) is 4.81. The van der Waals surface area contributed by atoms with Crippen molar-refractivity contribution in [2.75, 3.05) is 20.1 Å². The van der Waals surface area contributed by atoms with Crippen LogP contribution in [-0.4, -0.2) is 25.0 Å². The summed E-state index contributed by atoms with van der Waals surface area (Å²) < 4.78 is 0. The van der Waals surface area contributed by atoms with Gasteiger partial charge in [0.05, 0.1) is 12.1 Å². The largest absolute Gasteiger partial charge is 0.300 e. The molecule has 0 aromatic rings. The Morgan fingerprint density at radius 1 is 1.55 bits per heavy atom.